The molecule has 0 spiro atoms. The van der Waals surface area contributed by atoms with E-state index in [1.807, 2.05) is 18.2 Å². The number of fused-ring (bicyclic) bond motifs is 1. The quantitative estimate of drug-likeness (QED) is 0.781. The monoisotopic (exact) mass is 272 g/mol. The second kappa shape index (κ2) is 6.73. The van der Waals surface area contributed by atoms with E-state index in [4.69, 9.17) is 4.42 Å². The van der Waals surface area contributed by atoms with Gasteiger partial charge in [-0.25, -0.2) is 0 Å². The SMILES string of the molecule is C=CCN(C)Cc1oc2ccccc2c1CNC(C)C. The van der Waals surface area contributed by atoms with Crippen LogP contribution in [0.4, 0.5) is 0 Å². The Bertz CT molecular complexity index is 571. The van der Waals surface area contributed by atoms with Crippen molar-refractivity contribution in [3.63, 3.8) is 0 Å². The zero-order valence-electron chi connectivity index (χ0n) is 12.6. The average Bonchev–Trinajstić information content (AvgIpc) is 2.73. The predicted molar refractivity (Wildman–Crippen MR) is 84.7 cm³/mol. The van der Waals surface area contributed by atoms with Crippen LogP contribution in [-0.2, 0) is 13.1 Å². The highest BCUT2D eigenvalue weighted by Gasteiger charge is 2.15. The molecule has 0 amide bonds. The van der Waals surface area contributed by atoms with Crippen molar-refractivity contribution in [2.45, 2.75) is 33.0 Å². The van der Waals surface area contributed by atoms with Gasteiger partial charge in [-0.15, -0.1) is 6.58 Å². The van der Waals surface area contributed by atoms with Crippen molar-refractivity contribution in [2.24, 2.45) is 0 Å². The molecular formula is C17H24N2O. The molecule has 3 nitrogen and oxygen atoms in total. The maximum Gasteiger partial charge on any atom is 0.134 e. The molecular weight excluding hydrogens is 248 g/mol. The fourth-order valence-electron chi connectivity index (χ4n) is 2.31. The lowest BCUT2D eigenvalue weighted by Gasteiger charge is -2.14. The molecule has 0 atom stereocenters. The second-order valence-corrected chi connectivity index (χ2v) is 5.52. The Balaban J connectivity index is 2.30. The molecule has 1 aromatic carbocycles. The number of hydrogen-bond acceptors (Lipinski definition) is 3. The summed E-state index contributed by atoms with van der Waals surface area (Å²) < 4.78 is 6.03. The first-order valence-electron chi connectivity index (χ1n) is 7.14. The first-order valence-corrected chi connectivity index (χ1v) is 7.14. The summed E-state index contributed by atoms with van der Waals surface area (Å²) in [6, 6.07) is 8.71. The van der Waals surface area contributed by atoms with E-state index in [-0.39, 0.29) is 0 Å². The standard InChI is InChI=1S/C17H24N2O/c1-5-10-19(4)12-17-15(11-18-13(2)3)14-8-6-7-9-16(14)20-17/h5-9,13,18H,1,10-12H2,2-4H3. The molecule has 0 saturated heterocycles. The lowest BCUT2D eigenvalue weighted by atomic mass is 10.1. The molecule has 3 heteroatoms. The molecule has 0 saturated carbocycles. The summed E-state index contributed by atoms with van der Waals surface area (Å²) in [6.45, 7) is 10.6. The molecule has 0 unspecified atom stereocenters. The van der Waals surface area contributed by atoms with Gasteiger partial charge in [0, 0.05) is 30.1 Å². The summed E-state index contributed by atoms with van der Waals surface area (Å²) in [4.78, 5) is 2.20. The number of likely N-dealkylation sites (N-methyl/N-ethyl adjacent to an activating group) is 1. The molecule has 1 heterocycles. The van der Waals surface area contributed by atoms with Gasteiger partial charge in [-0.3, -0.25) is 4.90 Å². The third-order valence-electron chi connectivity index (χ3n) is 3.32. The van der Waals surface area contributed by atoms with Crippen LogP contribution in [0.3, 0.4) is 0 Å². The lowest BCUT2D eigenvalue weighted by molar-refractivity contribution is 0.325. The lowest BCUT2D eigenvalue weighted by Crippen LogP contribution is -2.23. The minimum atomic E-state index is 0.461. The molecule has 2 rings (SSSR count). The third-order valence-corrected chi connectivity index (χ3v) is 3.32. The van der Waals surface area contributed by atoms with Crippen LogP contribution in [0.1, 0.15) is 25.2 Å². The Morgan fingerprint density at radius 2 is 2.10 bits per heavy atom. The molecule has 108 valence electrons. The van der Waals surface area contributed by atoms with Gasteiger partial charge in [0.2, 0.25) is 0 Å². The Kier molecular flexibility index (Phi) is 4.99. The van der Waals surface area contributed by atoms with Gasteiger partial charge >= 0.3 is 0 Å². The van der Waals surface area contributed by atoms with Gasteiger partial charge in [0.25, 0.3) is 0 Å². The number of benzene rings is 1. The highest BCUT2D eigenvalue weighted by molar-refractivity contribution is 5.82. The van der Waals surface area contributed by atoms with Crippen LogP contribution in [0.5, 0.6) is 0 Å². The number of nitrogens with one attached hydrogen (secondary N) is 1. The van der Waals surface area contributed by atoms with E-state index in [0.29, 0.717) is 6.04 Å². The molecule has 20 heavy (non-hydrogen) atoms. The van der Waals surface area contributed by atoms with Gasteiger partial charge in [0.1, 0.15) is 11.3 Å². The molecule has 2 aromatic rings. The Hall–Kier alpha value is -1.58. The van der Waals surface area contributed by atoms with Crippen molar-refractivity contribution in [3.05, 3.63) is 48.2 Å². The molecule has 0 aliphatic carbocycles. The van der Waals surface area contributed by atoms with Gasteiger partial charge < -0.3 is 9.73 Å². The highest BCUT2D eigenvalue weighted by atomic mass is 16.3. The third kappa shape index (κ3) is 3.50. The van der Waals surface area contributed by atoms with Crippen LogP contribution < -0.4 is 5.32 Å². The van der Waals surface area contributed by atoms with Crippen molar-refractivity contribution in [1.29, 1.82) is 0 Å². The summed E-state index contributed by atoms with van der Waals surface area (Å²) in [5.41, 5.74) is 2.24. The van der Waals surface area contributed by atoms with Gasteiger partial charge in [0.05, 0.1) is 6.54 Å². The average molecular weight is 272 g/mol. The molecule has 0 radical (unpaired) electrons. The first kappa shape index (κ1) is 14.8. The maximum atomic E-state index is 6.03. The predicted octanol–water partition coefficient (Wildman–Crippen LogP) is 3.55. The van der Waals surface area contributed by atoms with E-state index in [9.17, 15) is 0 Å². The highest BCUT2D eigenvalue weighted by Crippen LogP contribution is 2.26. The van der Waals surface area contributed by atoms with E-state index in [1.54, 1.807) is 0 Å². The fraction of sp³-hybridized carbons (Fsp3) is 0.412. The molecule has 1 N–H and O–H groups in total. The van der Waals surface area contributed by atoms with Crippen LogP contribution in [0.2, 0.25) is 0 Å². The van der Waals surface area contributed by atoms with E-state index < -0.39 is 0 Å². The van der Waals surface area contributed by atoms with E-state index in [0.717, 1.165) is 31.0 Å². The summed E-state index contributed by atoms with van der Waals surface area (Å²) >= 11 is 0. The number of furan rings is 1. The number of rotatable bonds is 7. The summed E-state index contributed by atoms with van der Waals surface area (Å²) in [5.74, 6) is 1.05. The van der Waals surface area contributed by atoms with Crippen molar-refractivity contribution in [2.75, 3.05) is 13.6 Å². The van der Waals surface area contributed by atoms with Crippen LogP contribution >= 0.6 is 0 Å². The second-order valence-electron chi connectivity index (χ2n) is 5.52. The van der Waals surface area contributed by atoms with Gasteiger partial charge in [0.15, 0.2) is 0 Å². The Morgan fingerprint density at radius 1 is 1.35 bits per heavy atom. The molecule has 0 fully saturated rings. The molecule has 0 aliphatic rings. The molecule has 0 bridgehead atoms. The van der Waals surface area contributed by atoms with Crippen LogP contribution in [-0.4, -0.2) is 24.5 Å². The fourth-order valence-corrected chi connectivity index (χ4v) is 2.31. The van der Waals surface area contributed by atoms with Gasteiger partial charge in [-0.2, -0.15) is 0 Å². The van der Waals surface area contributed by atoms with Crippen molar-refractivity contribution in [3.8, 4) is 0 Å². The van der Waals surface area contributed by atoms with Crippen molar-refractivity contribution in [1.82, 2.24) is 10.2 Å². The molecule has 1 aromatic heterocycles. The minimum absolute atomic E-state index is 0.461. The number of nitrogens with zero attached hydrogens (tertiary/aromatic N) is 1. The number of hydrogen-bond donors (Lipinski definition) is 1. The van der Waals surface area contributed by atoms with Crippen LogP contribution in [0, 0.1) is 0 Å². The van der Waals surface area contributed by atoms with Gasteiger partial charge in [-0.05, 0) is 13.1 Å². The van der Waals surface area contributed by atoms with E-state index >= 15 is 0 Å². The van der Waals surface area contributed by atoms with E-state index in [2.05, 4.69) is 49.8 Å². The largest absolute Gasteiger partial charge is 0.459 e. The smallest absolute Gasteiger partial charge is 0.134 e. The van der Waals surface area contributed by atoms with Crippen LogP contribution in [0.15, 0.2) is 41.3 Å². The Labute approximate surface area is 121 Å². The van der Waals surface area contributed by atoms with Crippen molar-refractivity contribution >= 4 is 11.0 Å². The number of para-hydroxylation sites is 1. The zero-order chi connectivity index (χ0) is 14.5. The molecule has 0 aliphatic heterocycles. The summed E-state index contributed by atoms with van der Waals surface area (Å²) in [7, 11) is 2.08. The maximum absolute atomic E-state index is 6.03. The summed E-state index contributed by atoms with van der Waals surface area (Å²) in [6.07, 6.45) is 1.91. The van der Waals surface area contributed by atoms with E-state index in [1.165, 1.54) is 10.9 Å². The Morgan fingerprint density at radius 3 is 2.80 bits per heavy atom. The van der Waals surface area contributed by atoms with Crippen LogP contribution in [0.25, 0.3) is 11.0 Å². The topological polar surface area (TPSA) is 28.4 Å². The van der Waals surface area contributed by atoms with Gasteiger partial charge in [-0.1, -0.05) is 38.1 Å². The first-order chi connectivity index (χ1) is 9.61. The normalized spacial score (nSPS) is 11.7. The summed E-state index contributed by atoms with van der Waals surface area (Å²) in [5, 5.41) is 4.70. The van der Waals surface area contributed by atoms with Crippen molar-refractivity contribution < 1.29 is 4.42 Å². The zero-order valence-corrected chi connectivity index (χ0v) is 12.6. The minimum Gasteiger partial charge on any atom is -0.459 e.